The van der Waals surface area contributed by atoms with Gasteiger partial charge in [0.15, 0.2) is 5.96 Å². The summed E-state index contributed by atoms with van der Waals surface area (Å²) in [7, 11) is 3.55. The van der Waals surface area contributed by atoms with E-state index in [4.69, 9.17) is 21.1 Å². The zero-order valence-electron chi connectivity index (χ0n) is 13.9. The summed E-state index contributed by atoms with van der Waals surface area (Å²) in [5, 5.41) is 7.46. The molecule has 0 saturated carbocycles. The Morgan fingerprint density at radius 1 is 1.26 bits per heavy atom. The summed E-state index contributed by atoms with van der Waals surface area (Å²) >= 11 is 5.89. The van der Waals surface area contributed by atoms with Gasteiger partial charge in [0.25, 0.3) is 0 Å². The Morgan fingerprint density at radius 2 is 1.96 bits per heavy atom. The number of hydrogen-bond donors (Lipinski definition) is 2. The fourth-order valence-corrected chi connectivity index (χ4v) is 2.76. The van der Waals surface area contributed by atoms with Gasteiger partial charge in [-0.2, -0.15) is 0 Å². The van der Waals surface area contributed by atoms with Gasteiger partial charge >= 0.3 is 0 Å². The number of nitrogens with zero attached hydrogens (tertiary/aromatic N) is 1. The molecule has 1 aromatic rings. The first-order valence-corrected chi connectivity index (χ1v) is 8.37. The Balaban J connectivity index is 1.75. The zero-order chi connectivity index (χ0) is 16.5. The number of ether oxygens (including phenoxy) is 2. The van der Waals surface area contributed by atoms with Crippen molar-refractivity contribution in [2.45, 2.75) is 24.9 Å². The molecule has 0 aromatic heterocycles. The summed E-state index contributed by atoms with van der Waals surface area (Å²) in [4.78, 5) is 4.27. The van der Waals surface area contributed by atoms with E-state index in [9.17, 15) is 0 Å². The van der Waals surface area contributed by atoms with E-state index in [0.29, 0.717) is 0 Å². The molecule has 0 bridgehead atoms. The predicted octanol–water partition coefficient (Wildman–Crippen LogP) is 2.24. The highest BCUT2D eigenvalue weighted by molar-refractivity contribution is 6.30. The van der Waals surface area contributed by atoms with E-state index in [1.54, 1.807) is 14.2 Å². The molecule has 1 aromatic carbocycles. The van der Waals surface area contributed by atoms with Crippen LogP contribution in [0, 0.1) is 0 Å². The van der Waals surface area contributed by atoms with Gasteiger partial charge in [-0.25, -0.2) is 0 Å². The minimum Gasteiger partial charge on any atom is -0.381 e. The molecule has 6 heteroatoms. The van der Waals surface area contributed by atoms with Gasteiger partial charge in [0.1, 0.15) is 0 Å². The molecule has 0 aliphatic carbocycles. The minimum absolute atomic E-state index is 0.161. The number of hydrogen-bond acceptors (Lipinski definition) is 3. The number of methoxy groups -OCH3 is 1. The third-order valence-corrected chi connectivity index (χ3v) is 4.51. The number of halogens is 1. The van der Waals surface area contributed by atoms with E-state index in [1.165, 1.54) is 5.56 Å². The highest BCUT2D eigenvalue weighted by Crippen LogP contribution is 2.23. The molecule has 0 atom stereocenters. The van der Waals surface area contributed by atoms with Crippen LogP contribution in [0.5, 0.6) is 0 Å². The molecule has 0 unspecified atom stereocenters. The zero-order valence-corrected chi connectivity index (χ0v) is 14.7. The van der Waals surface area contributed by atoms with Crippen LogP contribution in [0.4, 0.5) is 0 Å². The largest absolute Gasteiger partial charge is 0.381 e. The monoisotopic (exact) mass is 339 g/mol. The normalized spacial score (nSPS) is 17.8. The van der Waals surface area contributed by atoms with E-state index < -0.39 is 0 Å². The first-order chi connectivity index (χ1) is 11.2. The standard InChI is InChI=1S/C17H26ClN3O2/c1-19-16(20-10-7-14-3-5-15(18)6-4-14)21-13-17(22-2)8-11-23-12-9-17/h3-6H,7-13H2,1-2H3,(H2,19,20,21). The number of nitrogens with one attached hydrogen (secondary N) is 2. The highest BCUT2D eigenvalue weighted by atomic mass is 35.5. The van der Waals surface area contributed by atoms with Crippen molar-refractivity contribution in [3.05, 3.63) is 34.9 Å². The molecule has 1 heterocycles. The lowest BCUT2D eigenvalue weighted by Crippen LogP contribution is -2.51. The quantitative estimate of drug-likeness (QED) is 0.616. The molecule has 0 radical (unpaired) electrons. The van der Waals surface area contributed by atoms with Crippen LogP contribution in [0.2, 0.25) is 5.02 Å². The Morgan fingerprint density at radius 3 is 2.57 bits per heavy atom. The Kier molecular flexibility index (Phi) is 7.15. The van der Waals surface area contributed by atoms with E-state index in [0.717, 1.165) is 56.5 Å². The van der Waals surface area contributed by atoms with Crippen molar-refractivity contribution in [3.8, 4) is 0 Å². The van der Waals surface area contributed by atoms with Crippen LogP contribution in [0.1, 0.15) is 18.4 Å². The van der Waals surface area contributed by atoms with Crippen molar-refractivity contribution in [2.24, 2.45) is 4.99 Å². The van der Waals surface area contributed by atoms with Gasteiger partial charge < -0.3 is 20.1 Å². The smallest absolute Gasteiger partial charge is 0.191 e. The number of benzene rings is 1. The van der Waals surface area contributed by atoms with Gasteiger partial charge in [-0.3, -0.25) is 4.99 Å². The van der Waals surface area contributed by atoms with Crippen LogP contribution in [0.25, 0.3) is 0 Å². The van der Waals surface area contributed by atoms with E-state index in [-0.39, 0.29) is 5.60 Å². The fourth-order valence-electron chi connectivity index (χ4n) is 2.64. The second kappa shape index (κ2) is 9.11. The van der Waals surface area contributed by atoms with Crippen molar-refractivity contribution < 1.29 is 9.47 Å². The third-order valence-electron chi connectivity index (χ3n) is 4.26. The molecule has 0 spiro atoms. The molecule has 0 amide bonds. The third kappa shape index (κ3) is 5.68. The lowest BCUT2D eigenvalue weighted by Gasteiger charge is -2.36. The molecule has 128 valence electrons. The summed E-state index contributed by atoms with van der Waals surface area (Å²) < 4.78 is 11.1. The Bertz CT molecular complexity index is 499. The molecule has 2 N–H and O–H groups in total. The van der Waals surface area contributed by atoms with Gasteiger partial charge in [-0.15, -0.1) is 0 Å². The number of rotatable bonds is 6. The lowest BCUT2D eigenvalue weighted by molar-refractivity contribution is -0.0855. The second-order valence-corrected chi connectivity index (χ2v) is 6.16. The Hall–Kier alpha value is -1.30. The first-order valence-electron chi connectivity index (χ1n) is 7.99. The van der Waals surface area contributed by atoms with Crippen molar-refractivity contribution >= 4 is 17.6 Å². The summed E-state index contributed by atoms with van der Waals surface area (Å²) in [5.74, 6) is 0.793. The maximum Gasteiger partial charge on any atom is 0.191 e. The fraction of sp³-hybridized carbons (Fsp3) is 0.588. The van der Waals surface area contributed by atoms with E-state index in [2.05, 4.69) is 15.6 Å². The highest BCUT2D eigenvalue weighted by Gasteiger charge is 2.32. The molecule has 2 rings (SSSR count). The van der Waals surface area contributed by atoms with Gasteiger partial charge in [-0.05, 0) is 24.1 Å². The summed E-state index contributed by atoms with van der Waals surface area (Å²) in [6.07, 6.45) is 2.72. The summed E-state index contributed by atoms with van der Waals surface area (Å²) in [6, 6.07) is 7.92. The lowest BCUT2D eigenvalue weighted by atomic mass is 9.94. The number of guanidine groups is 1. The average Bonchev–Trinajstić information content (AvgIpc) is 2.60. The second-order valence-electron chi connectivity index (χ2n) is 5.73. The maximum atomic E-state index is 5.89. The molecule has 1 fully saturated rings. The molecule has 1 aliphatic heterocycles. The van der Waals surface area contributed by atoms with Crippen LogP contribution in [0.15, 0.2) is 29.3 Å². The van der Waals surface area contributed by atoms with E-state index >= 15 is 0 Å². The van der Waals surface area contributed by atoms with Crippen LogP contribution >= 0.6 is 11.6 Å². The van der Waals surface area contributed by atoms with Crippen LogP contribution < -0.4 is 10.6 Å². The van der Waals surface area contributed by atoms with Crippen molar-refractivity contribution in [2.75, 3.05) is 40.5 Å². The molecule has 5 nitrogen and oxygen atoms in total. The average molecular weight is 340 g/mol. The molecular weight excluding hydrogens is 314 g/mol. The topological polar surface area (TPSA) is 54.9 Å². The number of aliphatic imine (C=N–C) groups is 1. The van der Waals surface area contributed by atoms with E-state index in [1.807, 2.05) is 24.3 Å². The van der Waals surface area contributed by atoms with Crippen LogP contribution in [-0.4, -0.2) is 52.0 Å². The molecule has 1 aliphatic rings. The van der Waals surface area contributed by atoms with Crippen LogP contribution in [0.3, 0.4) is 0 Å². The van der Waals surface area contributed by atoms with Crippen LogP contribution in [-0.2, 0) is 15.9 Å². The van der Waals surface area contributed by atoms with Gasteiger partial charge in [0.2, 0.25) is 0 Å². The van der Waals surface area contributed by atoms with Crippen molar-refractivity contribution in [1.29, 1.82) is 0 Å². The van der Waals surface area contributed by atoms with Gasteiger partial charge in [-0.1, -0.05) is 23.7 Å². The van der Waals surface area contributed by atoms with Crippen molar-refractivity contribution in [3.63, 3.8) is 0 Å². The van der Waals surface area contributed by atoms with Gasteiger partial charge in [0, 0.05) is 58.3 Å². The summed E-state index contributed by atoms with van der Waals surface area (Å²) in [5.41, 5.74) is 1.08. The molecular formula is C17H26ClN3O2. The molecule has 1 saturated heterocycles. The Labute approximate surface area is 143 Å². The molecule has 23 heavy (non-hydrogen) atoms. The first kappa shape index (κ1) is 18.0. The minimum atomic E-state index is -0.161. The summed E-state index contributed by atoms with van der Waals surface area (Å²) in [6.45, 7) is 3.04. The van der Waals surface area contributed by atoms with Crippen molar-refractivity contribution in [1.82, 2.24) is 10.6 Å². The predicted molar refractivity (Wildman–Crippen MR) is 94.3 cm³/mol. The SMILES string of the molecule is CN=C(NCCc1ccc(Cl)cc1)NCC1(OC)CCOCC1. The van der Waals surface area contributed by atoms with Gasteiger partial charge in [0.05, 0.1) is 5.60 Å². The maximum absolute atomic E-state index is 5.89.